The van der Waals surface area contributed by atoms with Crippen LogP contribution in [0.3, 0.4) is 0 Å². The Balaban J connectivity index is 1.72. The summed E-state index contributed by atoms with van der Waals surface area (Å²) in [7, 11) is 0. The Morgan fingerprint density at radius 1 is 1.28 bits per heavy atom. The van der Waals surface area contributed by atoms with E-state index in [1.54, 1.807) is 4.68 Å². The van der Waals surface area contributed by atoms with Crippen LogP contribution in [-0.2, 0) is 0 Å². The van der Waals surface area contributed by atoms with E-state index in [9.17, 15) is 4.79 Å². The third kappa shape index (κ3) is 4.17. The molecule has 0 aliphatic carbocycles. The molecular formula is C18H25N5O2. The molecule has 0 bridgehead atoms. The summed E-state index contributed by atoms with van der Waals surface area (Å²) >= 11 is 0. The van der Waals surface area contributed by atoms with Crippen molar-refractivity contribution in [2.24, 2.45) is 0 Å². The molecule has 7 nitrogen and oxygen atoms in total. The molecular weight excluding hydrogens is 318 g/mol. The average Bonchev–Trinajstić information content (AvgIpc) is 2.98. The lowest BCUT2D eigenvalue weighted by atomic mass is 10.1. The van der Waals surface area contributed by atoms with Gasteiger partial charge < -0.3 is 15.4 Å². The molecule has 1 saturated heterocycles. The number of aromatic nitrogens is 3. The standard InChI is InChI=1S/C18H25N5O2/c1-12(2)25-16-6-4-15(5-7-16)23-13(3)17(21-22-23)18(24)20-14-8-10-19-11-9-14/h4-7,12,14,19H,8-11H2,1-3H3,(H,20,24). The fraction of sp³-hybridized carbons (Fsp3) is 0.500. The second kappa shape index (κ2) is 7.65. The number of piperidine rings is 1. The number of rotatable bonds is 5. The van der Waals surface area contributed by atoms with E-state index < -0.39 is 0 Å². The third-order valence-electron chi connectivity index (χ3n) is 4.24. The predicted octanol–water partition coefficient (Wildman–Crippen LogP) is 1.84. The molecule has 25 heavy (non-hydrogen) atoms. The maximum atomic E-state index is 12.5. The SMILES string of the molecule is Cc1c(C(=O)NC2CCNCC2)nnn1-c1ccc(OC(C)C)cc1. The van der Waals surface area contributed by atoms with Gasteiger partial charge in [-0.15, -0.1) is 5.10 Å². The summed E-state index contributed by atoms with van der Waals surface area (Å²) in [6.07, 6.45) is 2.01. The highest BCUT2D eigenvalue weighted by atomic mass is 16.5. The largest absolute Gasteiger partial charge is 0.491 e. The van der Waals surface area contributed by atoms with Gasteiger partial charge in [-0.3, -0.25) is 4.79 Å². The van der Waals surface area contributed by atoms with Gasteiger partial charge in [0, 0.05) is 6.04 Å². The molecule has 0 unspecified atom stereocenters. The topological polar surface area (TPSA) is 81.1 Å². The van der Waals surface area contributed by atoms with Gasteiger partial charge in [-0.1, -0.05) is 5.21 Å². The molecule has 1 aliphatic heterocycles. The summed E-state index contributed by atoms with van der Waals surface area (Å²) in [5.74, 6) is 0.649. The van der Waals surface area contributed by atoms with Crippen LogP contribution in [0, 0.1) is 6.92 Å². The van der Waals surface area contributed by atoms with Gasteiger partial charge in [0.1, 0.15) is 5.75 Å². The molecule has 1 fully saturated rings. The fourth-order valence-electron chi connectivity index (χ4n) is 2.94. The molecule has 1 aliphatic rings. The lowest BCUT2D eigenvalue weighted by molar-refractivity contribution is 0.0923. The number of hydrogen-bond acceptors (Lipinski definition) is 5. The summed E-state index contributed by atoms with van der Waals surface area (Å²) in [5.41, 5.74) is 1.95. The van der Waals surface area contributed by atoms with E-state index in [1.807, 2.05) is 45.0 Å². The Morgan fingerprint density at radius 2 is 1.96 bits per heavy atom. The smallest absolute Gasteiger partial charge is 0.273 e. The van der Waals surface area contributed by atoms with E-state index in [2.05, 4.69) is 20.9 Å². The van der Waals surface area contributed by atoms with Crippen LogP contribution < -0.4 is 15.4 Å². The highest BCUT2D eigenvalue weighted by Gasteiger charge is 2.21. The van der Waals surface area contributed by atoms with Gasteiger partial charge in [-0.2, -0.15) is 0 Å². The van der Waals surface area contributed by atoms with Crippen LogP contribution >= 0.6 is 0 Å². The first-order valence-corrected chi connectivity index (χ1v) is 8.75. The summed E-state index contributed by atoms with van der Waals surface area (Å²) in [5, 5.41) is 14.6. The third-order valence-corrected chi connectivity index (χ3v) is 4.24. The summed E-state index contributed by atoms with van der Waals surface area (Å²) in [6.45, 7) is 7.70. The minimum absolute atomic E-state index is 0.129. The number of nitrogens with zero attached hydrogens (tertiary/aromatic N) is 3. The molecule has 0 saturated carbocycles. The molecule has 2 heterocycles. The minimum Gasteiger partial charge on any atom is -0.491 e. The molecule has 134 valence electrons. The van der Waals surface area contributed by atoms with Crippen molar-refractivity contribution in [3.05, 3.63) is 35.7 Å². The van der Waals surface area contributed by atoms with E-state index in [4.69, 9.17) is 4.74 Å². The Labute approximate surface area is 147 Å². The number of benzene rings is 1. The molecule has 0 spiro atoms. The molecule has 1 amide bonds. The second-order valence-electron chi connectivity index (χ2n) is 6.59. The van der Waals surface area contributed by atoms with Crippen molar-refractivity contribution in [3.63, 3.8) is 0 Å². The van der Waals surface area contributed by atoms with Crippen LogP contribution in [0.25, 0.3) is 5.69 Å². The van der Waals surface area contributed by atoms with Gasteiger partial charge >= 0.3 is 0 Å². The summed E-state index contributed by atoms with van der Waals surface area (Å²) in [6, 6.07) is 7.81. The van der Waals surface area contributed by atoms with Crippen molar-refractivity contribution in [2.75, 3.05) is 13.1 Å². The van der Waals surface area contributed by atoms with Gasteiger partial charge in [0.25, 0.3) is 5.91 Å². The van der Waals surface area contributed by atoms with E-state index in [0.717, 1.165) is 43.1 Å². The zero-order chi connectivity index (χ0) is 17.8. The molecule has 1 aromatic carbocycles. The van der Waals surface area contributed by atoms with Crippen molar-refractivity contribution in [1.29, 1.82) is 0 Å². The van der Waals surface area contributed by atoms with Crippen molar-refractivity contribution < 1.29 is 9.53 Å². The molecule has 7 heteroatoms. The maximum Gasteiger partial charge on any atom is 0.273 e. The van der Waals surface area contributed by atoms with Crippen molar-refractivity contribution in [3.8, 4) is 11.4 Å². The molecule has 3 rings (SSSR count). The molecule has 0 atom stereocenters. The van der Waals surface area contributed by atoms with Crippen molar-refractivity contribution in [2.45, 2.75) is 45.8 Å². The van der Waals surface area contributed by atoms with Crippen molar-refractivity contribution >= 4 is 5.91 Å². The van der Waals surface area contributed by atoms with Crippen LogP contribution in [0.5, 0.6) is 5.75 Å². The van der Waals surface area contributed by atoms with E-state index in [1.165, 1.54) is 0 Å². The number of ether oxygens (including phenoxy) is 1. The molecule has 2 N–H and O–H groups in total. The Kier molecular flexibility index (Phi) is 5.33. The molecule has 2 aromatic rings. The number of carbonyl (C=O) groups is 1. The highest BCUT2D eigenvalue weighted by Crippen LogP contribution is 2.18. The second-order valence-corrected chi connectivity index (χ2v) is 6.59. The average molecular weight is 343 g/mol. The van der Waals surface area contributed by atoms with E-state index >= 15 is 0 Å². The lowest BCUT2D eigenvalue weighted by Crippen LogP contribution is -2.43. The number of hydrogen-bond donors (Lipinski definition) is 2. The zero-order valence-electron chi connectivity index (χ0n) is 15.0. The monoisotopic (exact) mass is 343 g/mol. The lowest BCUT2D eigenvalue weighted by Gasteiger charge is -2.23. The van der Waals surface area contributed by atoms with Gasteiger partial charge in [-0.25, -0.2) is 4.68 Å². The Hall–Kier alpha value is -2.41. The molecule has 0 radical (unpaired) electrons. The first kappa shape index (κ1) is 17.4. The van der Waals surface area contributed by atoms with Gasteiger partial charge in [0.05, 0.1) is 17.5 Å². The van der Waals surface area contributed by atoms with Gasteiger partial charge in [-0.05, 0) is 71.0 Å². The first-order chi connectivity index (χ1) is 12.0. The van der Waals surface area contributed by atoms with E-state index in [0.29, 0.717) is 5.69 Å². The van der Waals surface area contributed by atoms with Gasteiger partial charge in [0.15, 0.2) is 5.69 Å². The first-order valence-electron chi connectivity index (χ1n) is 8.75. The van der Waals surface area contributed by atoms with Crippen LogP contribution in [0.4, 0.5) is 0 Å². The van der Waals surface area contributed by atoms with Crippen LogP contribution in [0.1, 0.15) is 42.9 Å². The summed E-state index contributed by atoms with van der Waals surface area (Å²) < 4.78 is 7.33. The normalized spacial score (nSPS) is 15.4. The van der Waals surface area contributed by atoms with E-state index in [-0.39, 0.29) is 18.1 Å². The van der Waals surface area contributed by atoms with Crippen molar-refractivity contribution in [1.82, 2.24) is 25.6 Å². The maximum absolute atomic E-state index is 12.5. The highest BCUT2D eigenvalue weighted by molar-refractivity contribution is 5.93. The van der Waals surface area contributed by atoms with Gasteiger partial charge in [0.2, 0.25) is 0 Å². The van der Waals surface area contributed by atoms with Crippen LogP contribution in [-0.4, -0.2) is 46.1 Å². The predicted molar refractivity (Wildman–Crippen MR) is 95.2 cm³/mol. The minimum atomic E-state index is -0.157. The van der Waals surface area contributed by atoms with Crippen LogP contribution in [0.2, 0.25) is 0 Å². The Morgan fingerprint density at radius 3 is 2.60 bits per heavy atom. The fourth-order valence-corrected chi connectivity index (χ4v) is 2.94. The number of carbonyl (C=O) groups excluding carboxylic acids is 1. The molecule has 1 aromatic heterocycles. The zero-order valence-corrected chi connectivity index (χ0v) is 15.0. The number of amides is 1. The van der Waals surface area contributed by atoms with Crippen LogP contribution in [0.15, 0.2) is 24.3 Å². The summed E-state index contributed by atoms with van der Waals surface area (Å²) in [4.78, 5) is 12.5. The quantitative estimate of drug-likeness (QED) is 0.866. The number of nitrogens with one attached hydrogen (secondary N) is 2. The Bertz CT molecular complexity index is 718.